The van der Waals surface area contributed by atoms with E-state index in [0.717, 1.165) is 9.36 Å². The fourth-order valence-corrected chi connectivity index (χ4v) is 2.58. The first-order chi connectivity index (χ1) is 11.7. The summed E-state index contributed by atoms with van der Waals surface area (Å²) in [6.07, 6.45) is -0.945. The Kier molecular flexibility index (Phi) is 4.55. The molecule has 0 radical (unpaired) electrons. The van der Waals surface area contributed by atoms with E-state index in [1.165, 1.54) is 12.1 Å². The number of hydrogen-bond acceptors (Lipinski definition) is 4. The summed E-state index contributed by atoms with van der Waals surface area (Å²) in [5, 5.41) is 9.52. The number of tetrazole rings is 1. The summed E-state index contributed by atoms with van der Waals surface area (Å²) in [7, 11) is 0. The second kappa shape index (κ2) is 6.51. The van der Waals surface area contributed by atoms with Crippen LogP contribution in [0.2, 0.25) is 5.02 Å². The number of nitrogens with one attached hydrogen (secondary N) is 1. The van der Waals surface area contributed by atoms with E-state index in [0.29, 0.717) is 5.56 Å². The molecule has 0 atom stereocenters. The molecule has 1 aromatic carbocycles. The van der Waals surface area contributed by atoms with Gasteiger partial charge in [-0.2, -0.15) is 9.36 Å². The number of carbonyl (C=O) groups is 1. The molecule has 1 N–H and O–H groups in total. The van der Waals surface area contributed by atoms with Gasteiger partial charge in [0.1, 0.15) is 12.4 Å². The van der Waals surface area contributed by atoms with Crippen molar-refractivity contribution in [3.05, 3.63) is 45.1 Å². The van der Waals surface area contributed by atoms with Crippen LogP contribution in [0.3, 0.4) is 0 Å². The normalized spacial score (nSPS) is 16.5. The molecule has 1 saturated carbocycles. The molecule has 0 aliphatic heterocycles. The number of carbonyl (C=O) groups excluding carboxylic acids is 1. The summed E-state index contributed by atoms with van der Waals surface area (Å²) in [6.45, 7) is -0.386. The second-order valence-corrected chi connectivity index (χ2v) is 6.21. The molecule has 134 valence electrons. The van der Waals surface area contributed by atoms with E-state index in [9.17, 15) is 22.8 Å². The van der Waals surface area contributed by atoms with Crippen molar-refractivity contribution in [1.82, 2.24) is 25.1 Å². The van der Waals surface area contributed by atoms with Crippen LogP contribution in [-0.4, -0.2) is 31.6 Å². The van der Waals surface area contributed by atoms with Crippen LogP contribution in [-0.2, 0) is 17.9 Å². The minimum atomic E-state index is -2.79. The highest BCUT2D eigenvalue weighted by atomic mass is 35.5. The Labute approximate surface area is 144 Å². The van der Waals surface area contributed by atoms with E-state index in [1.807, 2.05) is 0 Å². The summed E-state index contributed by atoms with van der Waals surface area (Å²) in [5.41, 5.74) is -0.240. The molecule has 0 saturated heterocycles. The van der Waals surface area contributed by atoms with Crippen molar-refractivity contribution < 1.29 is 18.0 Å². The van der Waals surface area contributed by atoms with Crippen molar-refractivity contribution in [2.24, 2.45) is 0 Å². The Morgan fingerprint density at radius 2 is 2.08 bits per heavy atom. The quantitative estimate of drug-likeness (QED) is 0.859. The van der Waals surface area contributed by atoms with Crippen molar-refractivity contribution in [3.63, 3.8) is 0 Å². The van der Waals surface area contributed by atoms with Gasteiger partial charge in [0.15, 0.2) is 0 Å². The zero-order valence-electron chi connectivity index (χ0n) is 12.8. The lowest BCUT2D eigenvalue weighted by molar-refractivity contribution is -0.122. The summed E-state index contributed by atoms with van der Waals surface area (Å²) < 4.78 is 40.7. The largest absolute Gasteiger partial charge is 0.364 e. The fourth-order valence-electron chi connectivity index (χ4n) is 2.46. The van der Waals surface area contributed by atoms with Crippen molar-refractivity contribution in [2.75, 3.05) is 0 Å². The molecular formula is C14H13ClF3N5O2. The molecule has 0 unspecified atom stereocenters. The molecule has 1 aromatic heterocycles. The first kappa shape index (κ1) is 17.5. The van der Waals surface area contributed by atoms with Gasteiger partial charge < -0.3 is 5.32 Å². The van der Waals surface area contributed by atoms with Gasteiger partial charge in [-0.1, -0.05) is 17.7 Å². The second-order valence-electron chi connectivity index (χ2n) is 5.81. The standard InChI is InChI=1S/C14H13ClF3N5O2/c15-10-2-1-8(3-11(10)16)6-19-12(24)7-22-13(25)23(21-20-22)9-4-14(17,18)5-9/h1-3,9H,4-7H2,(H,19,24). The number of alkyl halides is 2. The van der Waals surface area contributed by atoms with Crippen LogP contribution < -0.4 is 11.0 Å². The Morgan fingerprint density at radius 1 is 1.36 bits per heavy atom. The Bertz CT molecular complexity index is 858. The first-order valence-corrected chi connectivity index (χ1v) is 7.74. The van der Waals surface area contributed by atoms with Crippen molar-refractivity contribution in [1.29, 1.82) is 0 Å². The third-order valence-electron chi connectivity index (χ3n) is 3.84. The number of hydrogen-bond donors (Lipinski definition) is 1. The molecule has 7 nitrogen and oxygen atoms in total. The van der Waals surface area contributed by atoms with Gasteiger partial charge in [-0.25, -0.2) is 18.0 Å². The minimum Gasteiger partial charge on any atom is -0.350 e. The van der Waals surface area contributed by atoms with Gasteiger partial charge in [0.25, 0.3) is 5.92 Å². The molecule has 0 bridgehead atoms. The first-order valence-electron chi connectivity index (χ1n) is 7.36. The van der Waals surface area contributed by atoms with E-state index in [1.54, 1.807) is 6.07 Å². The fraction of sp³-hybridized carbons (Fsp3) is 0.429. The summed E-state index contributed by atoms with van der Waals surface area (Å²) in [4.78, 5) is 23.9. The average molecular weight is 376 g/mol. The number of halogens is 4. The minimum absolute atomic E-state index is 0.0279. The SMILES string of the molecule is O=C(Cn1nnn(C2CC(F)(F)C2)c1=O)NCc1ccc(Cl)c(F)c1. The molecule has 0 spiro atoms. The topological polar surface area (TPSA) is 81.8 Å². The van der Waals surface area contributed by atoms with Gasteiger partial charge in [0.05, 0.1) is 11.1 Å². The van der Waals surface area contributed by atoms with E-state index in [4.69, 9.17) is 11.6 Å². The van der Waals surface area contributed by atoms with Gasteiger partial charge >= 0.3 is 5.69 Å². The summed E-state index contributed by atoms with van der Waals surface area (Å²) in [5.74, 6) is -3.95. The van der Waals surface area contributed by atoms with Gasteiger partial charge in [0, 0.05) is 19.4 Å². The lowest BCUT2D eigenvalue weighted by Gasteiger charge is -2.33. The maximum absolute atomic E-state index is 13.3. The molecule has 1 fully saturated rings. The zero-order chi connectivity index (χ0) is 18.2. The lowest BCUT2D eigenvalue weighted by atomic mass is 9.88. The Hall–Kier alpha value is -2.36. The summed E-state index contributed by atoms with van der Waals surface area (Å²) in [6, 6.07) is 3.38. The number of rotatable bonds is 5. The average Bonchev–Trinajstić information content (AvgIpc) is 2.87. The molecule has 3 rings (SSSR count). The van der Waals surface area contributed by atoms with Crippen molar-refractivity contribution in [3.8, 4) is 0 Å². The molecule has 1 aliphatic carbocycles. The van der Waals surface area contributed by atoms with E-state index in [-0.39, 0.29) is 11.6 Å². The molecule has 25 heavy (non-hydrogen) atoms. The van der Waals surface area contributed by atoms with Crippen molar-refractivity contribution >= 4 is 17.5 Å². The molecule has 1 amide bonds. The van der Waals surface area contributed by atoms with Crippen LogP contribution in [0.4, 0.5) is 13.2 Å². The van der Waals surface area contributed by atoms with Gasteiger partial charge in [-0.05, 0) is 28.1 Å². The Morgan fingerprint density at radius 3 is 2.72 bits per heavy atom. The molecule has 2 aromatic rings. The molecule has 1 aliphatic rings. The highest BCUT2D eigenvalue weighted by Gasteiger charge is 2.47. The number of aromatic nitrogens is 4. The van der Waals surface area contributed by atoms with Crippen LogP contribution >= 0.6 is 11.6 Å². The highest BCUT2D eigenvalue weighted by molar-refractivity contribution is 6.30. The Balaban J connectivity index is 1.57. The monoisotopic (exact) mass is 375 g/mol. The maximum Gasteiger partial charge on any atom is 0.364 e. The number of amides is 1. The van der Waals surface area contributed by atoms with Gasteiger partial charge in [0.2, 0.25) is 5.91 Å². The van der Waals surface area contributed by atoms with E-state index in [2.05, 4.69) is 15.7 Å². The lowest BCUT2D eigenvalue weighted by Crippen LogP contribution is -2.42. The predicted molar refractivity (Wildman–Crippen MR) is 80.8 cm³/mol. The van der Waals surface area contributed by atoms with E-state index < -0.39 is 48.8 Å². The predicted octanol–water partition coefficient (Wildman–Crippen LogP) is 1.52. The van der Waals surface area contributed by atoms with Crippen LogP contribution in [0.5, 0.6) is 0 Å². The number of benzene rings is 1. The highest BCUT2D eigenvalue weighted by Crippen LogP contribution is 2.44. The van der Waals surface area contributed by atoms with Crippen molar-refractivity contribution in [2.45, 2.75) is 37.9 Å². The smallest absolute Gasteiger partial charge is 0.350 e. The zero-order valence-corrected chi connectivity index (χ0v) is 13.5. The van der Waals surface area contributed by atoms with Gasteiger partial charge in [-0.15, -0.1) is 0 Å². The molecule has 1 heterocycles. The summed E-state index contributed by atoms with van der Waals surface area (Å²) >= 11 is 5.57. The van der Waals surface area contributed by atoms with Crippen LogP contribution in [0, 0.1) is 5.82 Å². The molecule has 11 heteroatoms. The van der Waals surface area contributed by atoms with Crippen LogP contribution in [0.25, 0.3) is 0 Å². The van der Waals surface area contributed by atoms with Crippen LogP contribution in [0.15, 0.2) is 23.0 Å². The van der Waals surface area contributed by atoms with Gasteiger partial charge in [-0.3, -0.25) is 4.79 Å². The molecular weight excluding hydrogens is 363 g/mol. The third-order valence-corrected chi connectivity index (χ3v) is 4.15. The number of nitrogens with zero attached hydrogens (tertiary/aromatic N) is 4. The maximum atomic E-state index is 13.3. The van der Waals surface area contributed by atoms with Crippen LogP contribution in [0.1, 0.15) is 24.4 Å². The third kappa shape index (κ3) is 3.84. The van der Waals surface area contributed by atoms with E-state index >= 15 is 0 Å².